The first-order chi connectivity index (χ1) is 14.0. The van der Waals surface area contributed by atoms with Gasteiger partial charge < -0.3 is 9.32 Å². The number of furan rings is 1. The van der Waals surface area contributed by atoms with E-state index in [1.807, 2.05) is 30.3 Å². The van der Waals surface area contributed by atoms with Crippen LogP contribution in [0.5, 0.6) is 0 Å². The van der Waals surface area contributed by atoms with E-state index in [4.69, 9.17) is 4.42 Å². The second-order valence-electron chi connectivity index (χ2n) is 8.10. The number of benzene rings is 1. The van der Waals surface area contributed by atoms with Gasteiger partial charge in [-0.25, -0.2) is 8.42 Å². The summed E-state index contributed by atoms with van der Waals surface area (Å²) < 4.78 is 30.8. The fourth-order valence-electron chi connectivity index (χ4n) is 4.72. The molecule has 1 amide bonds. The molecule has 1 aliphatic heterocycles. The van der Waals surface area contributed by atoms with Crippen LogP contribution in [0.2, 0.25) is 0 Å². The lowest BCUT2D eigenvalue weighted by molar-refractivity contribution is 0.0724. The van der Waals surface area contributed by atoms with Crippen LogP contribution in [0.15, 0.2) is 40.9 Å². The first-order valence-electron chi connectivity index (χ1n) is 10.0. The van der Waals surface area contributed by atoms with Gasteiger partial charge in [0.2, 0.25) is 0 Å². The third kappa shape index (κ3) is 2.97. The minimum atomic E-state index is -3.20. The molecule has 2 fully saturated rings. The third-order valence-electron chi connectivity index (χ3n) is 6.36. The van der Waals surface area contributed by atoms with Crippen molar-refractivity contribution in [2.75, 3.05) is 18.8 Å². The summed E-state index contributed by atoms with van der Waals surface area (Å²) in [6, 6.07) is 9.52. The quantitative estimate of drug-likeness (QED) is 0.695. The number of carbonyl (C=O) groups excluding carboxylic acids is 1. The Labute approximate surface area is 169 Å². The Kier molecular flexibility index (Phi) is 4.27. The smallest absolute Gasteiger partial charge is 0.257 e. The molecule has 152 valence electrons. The van der Waals surface area contributed by atoms with Crippen molar-refractivity contribution in [1.82, 2.24) is 15.1 Å². The topological polar surface area (TPSA) is 96.3 Å². The molecule has 1 aliphatic carbocycles. The van der Waals surface area contributed by atoms with Crippen molar-refractivity contribution in [2.24, 2.45) is 0 Å². The number of aromatic amines is 1. The summed E-state index contributed by atoms with van der Waals surface area (Å²) in [6.07, 6.45) is 5.64. The monoisotopic (exact) mass is 413 g/mol. The SMILES string of the molecule is O=C(c1cn[nH]c1-c1cc2ccccc2o1)N1CCS(=O)(=O)C2(CCCCC2)C1. The van der Waals surface area contributed by atoms with Crippen molar-refractivity contribution in [3.05, 3.63) is 42.1 Å². The Morgan fingerprint density at radius 3 is 2.76 bits per heavy atom. The van der Waals surface area contributed by atoms with Gasteiger partial charge in [-0.3, -0.25) is 9.89 Å². The zero-order valence-electron chi connectivity index (χ0n) is 16.1. The molecular formula is C21H23N3O4S. The maximum Gasteiger partial charge on any atom is 0.257 e. The summed E-state index contributed by atoms with van der Waals surface area (Å²) in [5.41, 5.74) is 1.67. The molecule has 0 bridgehead atoms. The van der Waals surface area contributed by atoms with Crippen molar-refractivity contribution in [2.45, 2.75) is 36.9 Å². The van der Waals surface area contributed by atoms with Crippen LogP contribution in [0.4, 0.5) is 0 Å². The van der Waals surface area contributed by atoms with Gasteiger partial charge in [-0.15, -0.1) is 0 Å². The van der Waals surface area contributed by atoms with Crippen molar-refractivity contribution >= 4 is 26.7 Å². The van der Waals surface area contributed by atoms with Crippen LogP contribution in [-0.4, -0.2) is 53.0 Å². The number of H-pyrrole nitrogens is 1. The molecule has 2 aliphatic rings. The lowest BCUT2D eigenvalue weighted by Gasteiger charge is -2.44. The lowest BCUT2D eigenvalue weighted by atomic mass is 9.87. The first-order valence-corrected chi connectivity index (χ1v) is 11.7. The van der Waals surface area contributed by atoms with Gasteiger partial charge in [0.05, 0.1) is 22.3 Å². The number of para-hydroxylation sites is 1. The second-order valence-corrected chi connectivity index (χ2v) is 10.6. The summed E-state index contributed by atoms with van der Waals surface area (Å²) in [5.74, 6) is 0.370. The van der Waals surface area contributed by atoms with Crippen molar-refractivity contribution in [3.63, 3.8) is 0 Å². The van der Waals surface area contributed by atoms with Crippen LogP contribution in [0.25, 0.3) is 22.4 Å². The number of hydrogen-bond donors (Lipinski definition) is 1. The van der Waals surface area contributed by atoms with Crippen molar-refractivity contribution in [1.29, 1.82) is 0 Å². The number of rotatable bonds is 2. The maximum absolute atomic E-state index is 13.3. The van der Waals surface area contributed by atoms with E-state index in [1.54, 1.807) is 4.90 Å². The summed E-state index contributed by atoms with van der Waals surface area (Å²) in [5, 5.41) is 7.89. The number of sulfone groups is 1. The highest BCUT2D eigenvalue weighted by Crippen LogP contribution is 2.39. The van der Waals surface area contributed by atoms with Gasteiger partial charge >= 0.3 is 0 Å². The van der Waals surface area contributed by atoms with Gasteiger partial charge in [-0.1, -0.05) is 37.5 Å². The molecule has 3 heterocycles. The number of amides is 1. The van der Waals surface area contributed by atoms with E-state index >= 15 is 0 Å². The van der Waals surface area contributed by atoms with E-state index in [0.717, 1.165) is 30.2 Å². The minimum Gasteiger partial charge on any atom is -0.454 e. The summed E-state index contributed by atoms with van der Waals surface area (Å²) in [4.78, 5) is 15.0. The molecule has 2 aromatic heterocycles. The van der Waals surface area contributed by atoms with Crippen LogP contribution < -0.4 is 0 Å². The highest BCUT2D eigenvalue weighted by molar-refractivity contribution is 7.92. The molecular weight excluding hydrogens is 390 g/mol. The molecule has 0 radical (unpaired) electrons. The number of aromatic nitrogens is 2. The zero-order valence-corrected chi connectivity index (χ0v) is 16.9. The molecule has 1 aromatic carbocycles. The fourth-order valence-corrected chi connectivity index (χ4v) is 6.88. The fraction of sp³-hybridized carbons (Fsp3) is 0.429. The van der Waals surface area contributed by atoms with Gasteiger partial charge in [0.25, 0.3) is 5.91 Å². The average Bonchev–Trinajstić information content (AvgIpc) is 3.37. The molecule has 1 saturated carbocycles. The summed E-state index contributed by atoms with van der Waals surface area (Å²) in [7, 11) is -3.20. The standard InChI is InChI=1S/C21H23N3O4S/c25-20(24-10-11-29(26,27)21(14-24)8-4-1-5-9-21)16-13-22-23-19(16)18-12-15-6-2-3-7-17(15)28-18/h2-3,6-7,12-13H,1,4-5,8-11,14H2,(H,22,23). The predicted molar refractivity (Wildman–Crippen MR) is 109 cm³/mol. The Balaban J connectivity index is 1.47. The van der Waals surface area contributed by atoms with Crippen LogP contribution in [-0.2, 0) is 9.84 Å². The average molecular weight is 413 g/mol. The molecule has 8 heteroatoms. The van der Waals surface area contributed by atoms with E-state index in [-0.39, 0.29) is 24.7 Å². The van der Waals surface area contributed by atoms with E-state index in [0.29, 0.717) is 29.9 Å². The Morgan fingerprint density at radius 1 is 1.17 bits per heavy atom. The molecule has 1 N–H and O–H groups in total. The van der Waals surface area contributed by atoms with E-state index < -0.39 is 14.6 Å². The number of hydrogen-bond acceptors (Lipinski definition) is 5. The molecule has 0 atom stereocenters. The van der Waals surface area contributed by atoms with Crippen molar-refractivity contribution < 1.29 is 17.6 Å². The van der Waals surface area contributed by atoms with Crippen LogP contribution in [0.1, 0.15) is 42.5 Å². The van der Waals surface area contributed by atoms with Gasteiger partial charge in [-0.2, -0.15) is 5.10 Å². The molecule has 7 nitrogen and oxygen atoms in total. The van der Waals surface area contributed by atoms with E-state index in [2.05, 4.69) is 10.2 Å². The van der Waals surface area contributed by atoms with Gasteiger partial charge in [0.1, 0.15) is 11.3 Å². The largest absolute Gasteiger partial charge is 0.454 e. The lowest BCUT2D eigenvalue weighted by Crippen LogP contribution is -2.58. The Hall–Kier alpha value is -2.61. The predicted octanol–water partition coefficient (Wildman–Crippen LogP) is 3.40. The molecule has 29 heavy (non-hydrogen) atoms. The normalized spacial score (nSPS) is 20.9. The number of carbonyl (C=O) groups is 1. The molecule has 5 rings (SSSR count). The minimum absolute atomic E-state index is 0.0244. The molecule has 0 unspecified atom stereocenters. The Bertz CT molecular complexity index is 1140. The summed E-state index contributed by atoms with van der Waals surface area (Å²) >= 11 is 0. The third-order valence-corrected chi connectivity index (χ3v) is 8.94. The Morgan fingerprint density at radius 2 is 1.97 bits per heavy atom. The highest BCUT2D eigenvalue weighted by Gasteiger charge is 2.49. The summed E-state index contributed by atoms with van der Waals surface area (Å²) in [6.45, 7) is 0.479. The highest BCUT2D eigenvalue weighted by atomic mass is 32.2. The van der Waals surface area contributed by atoms with E-state index in [9.17, 15) is 13.2 Å². The van der Waals surface area contributed by atoms with Gasteiger partial charge in [0.15, 0.2) is 15.6 Å². The van der Waals surface area contributed by atoms with Crippen molar-refractivity contribution in [3.8, 4) is 11.5 Å². The van der Waals surface area contributed by atoms with Gasteiger partial charge in [0, 0.05) is 18.5 Å². The van der Waals surface area contributed by atoms with Gasteiger partial charge in [-0.05, 0) is 25.0 Å². The maximum atomic E-state index is 13.3. The number of nitrogens with one attached hydrogen (secondary N) is 1. The number of fused-ring (bicyclic) bond motifs is 1. The van der Waals surface area contributed by atoms with E-state index in [1.165, 1.54) is 6.20 Å². The van der Waals surface area contributed by atoms with Crippen LogP contribution in [0, 0.1) is 0 Å². The first kappa shape index (κ1) is 18.4. The molecule has 1 spiro atoms. The van der Waals surface area contributed by atoms with Crippen LogP contribution in [0.3, 0.4) is 0 Å². The second kappa shape index (κ2) is 6.73. The van der Waals surface area contributed by atoms with Crippen LogP contribution >= 0.6 is 0 Å². The number of nitrogens with zero attached hydrogens (tertiary/aromatic N) is 2. The molecule has 1 saturated heterocycles. The molecule has 3 aromatic rings. The zero-order chi connectivity index (χ0) is 20.1.